The summed E-state index contributed by atoms with van der Waals surface area (Å²) in [5, 5.41) is 13.7. The van der Waals surface area contributed by atoms with Crippen LogP contribution in [-0.2, 0) is 5.54 Å². The fourth-order valence-electron chi connectivity index (χ4n) is 3.62. The summed E-state index contributed by atoms with van der Waals surface area (Å²) in [7, 11) is 2.21. The van der Waals surface area contributed by atoms with E-state index < -0.39 is 0 Å². The number of likely N-dealkylation sites (N-methyl/N-ethyl adjacent to an activating group) is 2. The van der Waals surface area contributed by atoms with Crippen molar-refractivity contribution in [1.29, 1.82) is 0 Å². The number of hydrogen-bond acceptors (Lipinski definition) is 3. The lowest BCUT2D eigenvalue weighted by Crippen LogP contribution is -2.54. The van der Waals surface area contributed by atoms with Gasteiger partial charge in [-0.15, -0.1) is 0 Å². The highest BCUT2D eigenvalue weighted by Crippen LogP contribution is 2.27. The van der Waals surface area contributed by atoms with E-state index in [-0.39, 0.29) is 12.1 Å². The van der Waals surface area contributed by atoms with Crippen LogP contribution >= 0.6 is 0 Å². The minimum Gasteiger partial charge on any atom is -0.394 e. The normalized spacial score (nSPS) is 19.6. The molecular weight excluding hydrogens is 260 g/mol. The molecule has 0 saturated heterocycles. The Labute approximate surface area is 129 Å². The van der Waals surface area contributed by atoms with Crippen LogP contribution < -0.4 is 5.32 Å². The Balaban J connectivity index is 2.15. The van der Waals surface area contributed by atoms with Crippen molar-refractivity contribution >= 4 is 0 Å². The number of hydrogen-bond donors (Lipinski definition) is 2. The number of nitrogens with zero attached hydrogens (tertiary/aromatic N) is 1. The second kappa shape index (κ2) is 7.92. The predicted octanol–water partition coefficient (Wildman–Crippen LogP) is 2.75. The molecule has 0 bridgehead atoms. The summed E-state index contributed by atoms with van der Waals surface area (Å²) in [6.45, 7) is 3.94. The molecule has 0 spiro atoms. The van der Waals surface area contributed by atoms with Gasteiger partial charge in [0.25, 0.3) is 0 Å². The molecule has 0 aromatic heterocycles. The van der Waals surface area contributed by atoms with Gasteiger partial charge >= 0.3 is 0 Å². The predicted molar refractivity (Wildman–Crippen MR) is 88.4 cm³/mol. The monoisotopic (exact) mass is 290 g/mol. The van der Waals surface area contributed by atoms with Gasteiger partial charge in [0.05, 0.1) is 12.1 Å². The van der Waals surface area contributed by atoms with Gasteiger partial charge in [0.1, 0.15) is 0 Å². The molecule has 0 aliphatic heterocycles. The van der Waals surface area contributed by atoms with Gasteiger partial charge in [-0.2, -0.15) is 0 Å². The summed E-state index contributed by atoms with van der Waals surface area (Å²) in [6, 6.07) is 11.0. The van der Waals surface area contributed by atoms with E-state index in [1.54, 1.807) is 0 Å². The Bertz CT molecular complexity index is 403. The van der Waals surface area contributed by atoms with Gasteiger partial charge in [-0.05, 0) is 32.0 Å². The Morgan fingerprint density at radius 2 is 1.86 bits per heavy atom. The van der Waals surface area contributed by atoms with Gasteiger partial charge in [0.15, 0.2) is 0 Å². The molecule has 1 atom stereocenters. The Morgan fingerprint density at radius 3 is 2.43 bits per heavy atom. The first-order chi connectivity index (χ1) is 10.2. The average Bonchev–Trinajstić information content (AvgIpc) is 2.56. The maximum absolute atomic E-state index is 10.1. The third kappa shape index (κ3) is 4.06. The van der Waals surface area contributed by atoms with E-state index in [2.05, 4.69) is 48.5 Å². The summed E-state index contributed by atoms with van der Waals surface area (Å²) >= 11 is 0. The largest absolute Gasteiger partial charge is 0.394 e. The molecule has 2 rings (SSSR count). The molecule has 0 radical (unpaired) electrons. The Morgan fingerprint density at radius 1 is 1.19 bits per heavy atom. The Kier molecular flexibility index (Phi) is 6.22. The summed E-state index contributed by atoms with van der Waals surface area (Å²) in [4.78, 5) is 2.45. The first kappa shape index (κ1) is 16.5. The molecule has 0 heterocycles. The molecule has 21 heavy (non-hydrogen) atoms. The minimum absolute atomic E-state index is 0.127. The summed E-state index contributed by atoms with van der Waals surface area (Å²) < 4.78 is 0. The SMILES string of the molecule is CCNC(CO)(CN(C)C1CCCCC1)c1ccccc1. The molecule has 1 aliphatic rings. The third-order valence-electron chi connectivity index (χ3n) is 4.83. The summed E-state index contributed by atoms with van der Waals surface area (Å²) in [5.41, 5.74) is 0.819. The number of rotatable bonds is 7. The van der Waals surface area contributed by atoms with Crippen molar-refractivity contribution in [3.63, 3.8) is 0 Å². The maximum atomic E-state index is 10.1. The van der Waals surface area contributed by atoms with Crippen LogP contribution in [0.15, 0.2) is 30.3 Å². The smallest absolute Gasteiger partial charge is 0.0797 e. The lowest BCUT2D eigenvalue weighted by molar-refractivity contribution is 0.0879. The number of benzene rings is 1. The highest BCUT2D eigenvalue weighted by molar-refractivity contribution is 5.25. The van der Waals surface area contributed by atoms with Crippen LogP contribution in [0.3, 0.4) is 0 Å². The van der Waals surface area contributed by atoms with Crippen molar-refractivity contribution in [3.05, 3.63) is 35.9 Å². The lowest BCUT2D eigenvalue weighted by Gasteiger charge is -2.41. The van der Waals surface area contributed by atoms with E-state index in [4.69, 9.17) is 0 Å². The molecule has 1 unspecified atom stereocenters. The third-order valence-corrected chi connectivity index (χ3v) is 4.83. The fraction of sp³-hybridized carbons (Fsp3) is 0.667. The van der Waals surface area contributed by atoms with Crippen molar-refractivity contribution in [1.82, 2.24) is 10.2 Å². The van der Waals surface area contributed by atoms with Crippen molar-refractivity contribution in [2.24, 2.45) is 0 Å². The molecule has 2 N–H and O–H groups in total. The van der Waals surface area contributed by atoms with Crippen LogP contribution in [0.5, 0.6) is 0 Å². The van der Waals surface area contributed by atoms with E-state index in [9.17, 15) is 5.11 Å². The van der Waals surface area contributed by atoms with Crippen LogP contribution in [0.1, 0.15) is 44.6 Å². The Hall–Kier alpha value is -0.900. The zero-order valence-corrected chi connectivity index (χ0v) is 13.5. The van der Waals surface area contributed by atoms with Gasteiger partial charge in [0.2, 0.25) is 0 Å². The van der Waals surface area contributed by atoms with Crippen LogP contribution in [0.2, 0.25) is 0 Å². The van der Waals surface area contributed by atoms with E-state index in [0.29, 0.717) is 6.04 Å². The number of aliphatic hydroxyl groups excluding tert-OH is 1. The summed E-state index contributed by atoms with van der Waals surface area (Å²) in [6.07, 6.45) is 6.64. The zero-order valence-electron chi connectivity index (χ0n) is 13.5. The van der Waals surface area contributed by atoms with Crippen molar-refractivity contribution in [2.75, 3.05) is 26.7 Å². The average molecular weight is 290 g/mol. The molecule has 1 fully saturated rings. The first-order valence-electron chi connectivity index (χ1n) is 8.33. The van der Waals surface area contributed by atoms with Crippen molar-refractivity contribution in [3.8, 4) is 0 Å². The van der Waals surface area contributed by atoms with Gasteiger partial charge in [-0.3, -0.25) is 0 Å². The van der Waals surface area contributed by atoms with Crippen LogP contribution in [0.25, 0.3) is 0 Å². The molecule has 118 valence electrons. The van der Waals surface area contributed by atoms with Gasteiger partial charge in [-0.1, -0.05) is 56.5 Å². The molecule has 3 nitrogen and oxygen atoms in total. The van der Waals surface area contributed by atoms with Crippen LogP contribution in [0.4, 0.5) is 0 Å². The molecule has 1 aliphatic carbocycles. The summed E-state index contributed by atoms with van der Waals surface area (Å²) in [5.74, 6) is 0. The van der Waals surface area contributed by atoms with E-state index in [1.165, 1.54) is 37.7 Å². The molecule has 3 heteroatoms. The topological polar surface area (TPSA) is 35.5 Å². The second-order valence-electron chi connectivity index (χ2n) is 6.34. The van der Waals surface area contributed by atoms with Gasteiger partial charge in [0, 0.05) is 12.6 Å². The van der Waals surface area contributed by atoms with E-state index in [0.717, 1.165) is 13.1 Å². The van der Waals surface area contributed by atoms with Gasteiger partial charge in [-0.25, -0.2) is 0 Å². The molecular formula is C18H30N2O. The van der Waals surface area contributed by atoms with Crippen LogP contribution in [0, 0.1) is 0 Å². The minimum atomic E-state index is -0.359. The maximum Gasteiger partial charge on any atom is 0.0797 e. The van der Waals surface area contributed by atoms with Crippen molar-refractivity contribution < 1.29 is 5.11 Å². The fourth-order valence-corrected chi connectivity index (χ4v) is 3.62. The second-order valence-corrected chi connectivity index (χ2v) is 6.34. The molecule has 1 aromatic carbocycles. The first-order valence-corrected chi connectivity index (χ1v) is 8.33. The molecule has 1 aromatic rings. The number of nitrogens with one attached hydrogen (secondary N) is 1. The zero-order chi connectivity index (χ0) is 15.1. The highest BCUT2D eigenvalue weighted by atomic mass is 16.3. The highest BCUT2D eigenvalue weighted by Gasteiger charge is 2.33. The quantitative estimate of drug-likeness (QED) is 0.810. The molecule has 0 amide bonds. The van der Waals surface area contributed by atoms with Crippen LogP contribution in [-0.4, -0.2) is 42.8 Å². The van der Waals surface area contributed by atoms with Crippen molar-refractivity contribution in [2.45, 2.75) is 50.6 Å². The molecule has 1 saturated carbocycles. The van der Waals surface area contributed by atoms with Gasteiger partial charge < -0.3 is 15.3 Å². The van der Waals surface area contributed by atoms with E-state index in [1.807, 2.05) is 6.07 Å². The standard InChI is InChI=1S/C18H30N2O/c1-3-19-18(15-21,16-10-6-4-7-11-16)14-20(2)17-12-8-5-9-13-17/h4,6-7,10-11,17,19,21H,3,5,8-9,12-15H2,1-2H3. The number of aliphatic hydroxyl groups is 1. The van der Waals surface area contributed by atoms with E-state index >= 15 is 0 Å². The lowest BCUT2D eigenvalue weighted by atomic mass is 9.87.